The van der Waals surface area contributed by atoms with Gasteiger partial charge in [0.2, 0.25) is 10.0 Å². The Morgan fingerprint density at radius 3 is 2.27 bits per heavy atom. The maximum atomic E-state index is 12.8. The molecule has 0 aliphatic heterocycles. The number of benzene rings is 3. The molecule has 0 radical (unpaired) electrons. The lowest BCUT2D eigenvalue weighted by Crippen LogP contribution is -2.46. The number of non-ortho nitro benzene ring substituents is 1. The molecule has 3 aromatic rings. The van der Waals surface area contributed by atoms with Crippen LogP contribution in [0.2, 0.25) is 0 Å². The van der Waals surface area contributed by atoms with Crippen LogP contribution in [-0.2, 0) is 21.2 Å². The molecule has 0 aliphatic rings. The first kappa shape index (κ1) is 23.8. The van der Waals surface area contributed by atoms with E-state index in [1.54, 1.807) is 36.4 Å². The lowest BCUT2D eigenvalue weighted by atomic mass is 10.1. The van der Waals surface area contributed by atoms with Crippen LogP contribution in [0, 0.1) is 17.0 Å². The number of carbonyl (C=O) groups excluding carboxylic acids is 1. The van der Waals surface area contributed by atoms with E-state index in [1.165, 1.54) is 42.6 Å². The number of nitrogens with one attached hydrogen (secondary N) is 2. The number of hydrogen-bond acceptors (Lipinski definition) is 6. The quantitative estimate of drug-likeness (QED) is 0.284. The van der Waals surface area contributed by atoms with Crippen molar-refractivity contribution in [3.63, 3.8) is 0 Å². The predicted molar refractivity (Wildman–Crippen MR) is 124 cm³/mol. The van der Waals surface area contributed by atoms with Crippen molar-refractivity contribution in [3.8, 4) is 0 Å². The molecule has 2 N–H and O–H groups in total. The first-order valence-electron chi connectivity index (χ1n) is 9.95. The second kappa shape index (κ2) is 10.6. The van der Waals surface area contributed by atoms with Gasteiger partial charge in [0, 0.05) is 12.1 Å². The van der Waals surface area contributed by atoms with Gasteiger partial charge >= 0.3 is 0 Å². The molecule has 0 bridgehead atoms. The largest absolute Gasteiger partial charge is 0.271 e. The number of nitrogens with zero attached hydrogens (tertiary/aromatic N) is 2. The number of sulfonamides is 1. The maximum absolute atomic E-state index is 12.8. The summed E-state index contributed by atoms with van der Waals surface area (Å²) in [6.45, 7) is 1.85. The zero-order valence-corrected chi connectivity index (χ0v) is 18.5. The molecule has 0 aromatic heterocycles. The van der Waals surface area contributed by atoms with Crippen LogP contribution in [0.3, 0.4) is 0 Å². The van der Waals surface area contributed by atoms with E-state index in [4.69, 9.17) is 0 Å². The Kier molecular flexibility index (Phi) is 7.65. The van der Waals surface area contributed by atoms with Gasteiger partial charge in [-0.05, 0) is 48.7 Å². The average molecular weight is 467 g/mol. The van der Waals surface area contributed by atoms with Gasteiger partial charge in [0.15, 0.2) is 0 Å². The van der Waals surface area contributed by atoms with Gasteiger partial charge in [0.05, 0.1) is 16.0 Å². The minimum Gasteiger partial charge on any atom is -0.271 e. The summed E-state index contributed by atoms with van der Waals surface area (Å²) in [4.78, 5) is 23.1. The second-order valence-corrected chi connectivity index (χ2v) is 8.97. The number of hydrogen-bond donors (Lipinski definition) is 2. The van der Waals surface area contributed by atoms with Crippen LogP contribution in [0.15, 0.2) is 88.9 Å². The Labute approximate surface area is 191 Å². The van der Waals surface area contributed by atoms with Gasteiger partial charge in [0.25, 0.3) is 11.6 Å². The average Bonchev–Trinajstić information content (AvgIpc) is 2.80. The van der Waals surface area contributed by atoms with Gasteiger partial charge in [-0.1, -0.05) is 48.0 Å². The fourth-order valence-corrected chi connectivity index (χ4v) is 4.14. The van der Waals surface area contributed by atoms with Gasteiger partial charge in [-0.15, -0.1) is 0 Å². The monoisotopic (exact) mass is 466 g/mol. The predicted octanol–water partition coefficient (Wildman–Crippen LogP) is 2.94. The van der Waals surface area contributed by atoms with Crippen LogP contribution in [0.25, 0.3) is 0 Å². The van der Waals surface area contributed by atoms with E-state index in [0.29, 0.717) is 5.56 Å². The summed E-state index contributed by atoms with van der Waals surface area (Å²) in [5.41, 5.74) is 4.48. The highest BCUT2D eigenvalue weighted by atomic mass is 32.2. The first-order valence-corrected chi connectivity index (χ1v) is 11.4. The second-order valence-electron chi connectivity index (χ2n) is 7.26. The first-order chi connectivity index (χ1) is 15.7. The van der Waals surface area contributed by atoms with Gasteiger partial charge in [-0.3, -0.25) is 14.9 Å². The molecule has 33 heavy (non-hydrogen) atoms. The van der Waals surface area contributed by atoms with Crippen LogP contribution in [0.1, 0.15) is 16.7 Å². The lowest BCUT2D eigenvalue weighted by molar-refractivity contribution is -0.384. The Morgan fingerprint density at radius 2 is 1.67 bits per heavy atom. The number of nitro benzene ring substituents is 1. The van der Waals surface area contributed by atoms with Gasteiger partial charge < -0.3 is 0 Å². The molecular formula is C23H22N4O5S. The molecule has 9 nitrogen and oxygen atoms in total. The standard InChI is InChI=1S/C23H22N4O5S/c1-17-7-13-21(14-8-17)33(31,32)26-22(15-18-5-3-2-4-6-18)23(28)25-24-16-19-9-11-20(12-10-19)27(29)30/h2-14,16,22,26H,15H2,1H3,(H,25,28)/b24-16+. The van der Waals surface area contributed by atoms with Crippen LogP contribution < -0.4 is 10.1 Å². The topological polar surface area (TPSA) is 131 Å². The molecule has 0 saturated heterocycles. The van der Waals surface area contributed by atoms with Crippen LogP contribution >= 0.6 is 0 Å². The van der Waals surface area contributed by atoms with E-state index >= 15 is 0 Å². The zero-order valence-electron chi connectivity index (χ0n) is 17.7. The highest BCUT2D eigenvalue weighted by Gasteiger charge is 2.26. The van der Waals surface area contributed by atoms with Crippen molar-refractivity contribution in [2.24, 2.45) is 5.10 Å². The molecular weight excluding hydrogens is 444 g/mol. The summed E-state index contributed by atoms with van der Waals surface area (Å²) in [6.07, 6.45) is 1.43. The SMILES string of the molecule is Cc1ccc(S(=O)(=O)NC(Cc2ccccc2)C(=O)N/N=C/c2ccc([N+](=O)[O-])cc2)cc1. The molecule has 0 saturated carbocycles. The molecule has 0 fully saturated rings. The highest BCUT2D eigenvalue weighted by molar-refractivity contribution is 7.89. The van der Waals surface area contributed by atoms with Crippen LogP contribution in [-0.4, -0.2) is 31.5 Å². The van der Waals surface area contributed by atoms with E-state index in [9.17, 15) is 23.3 Å². The minimum atomic E-state index is -3.96. The number of rotatable bonds is 9. The van der Waals surface area contributed by atoms with Crippen molar-refractivity contribution < 1.29 is 18.1 Å². The molecule has 3 aromatic carbocycles. The third kappa shape index (κ3) is 6.79. The molecule has 1 atom stereocenters. The van der Waals surface area contributed by atoms with E-state index in [1.807, 2.05) is 13.0 Å². The number of aryl methyl sites for hydroxylation is 1. The highest BCUT2D eigenvalue weighted by Crippen LogP contribution is 2.13. The summed E-state index contributed by atoms with van der Waals surface area (Å²) < 4.78 is 28.1. The van der Waals surface area contributed by atoms with Crippen LogP contribution in [0.5, 0.6) is 0 Å². The van der Waals surface area contributed by atoms with E-state index in [2.05, 4.69) is 15.2 Å². The summed E-state index contributed by atoms with van der Waals surface area (Å²) >= 11 is 0. The Balaban J connectivity index is 1.75. The number of amides is 1. The van der Waals surface area contributed by atoms with Crippen molar-refractivity contribution in [2.45, 2.75) is 24.3 Å². The lowest BCUT2D eigenvalue weighted by Gasteiger charge is -2.17. The molecule has 170 valence electrons. The molecule has 0 spiro atoms. The molecule has 0 heterocycles. The number of hydrazone groups is 1. The van der Waals surface area contributed by atoms with Gasteiger partial charge in [-0.2, -0.15) is 9.82 Å². The Morgan fingerprint density at radius 1 is 1.03 bits per heavy atom. The van der Waals surface area contributed by atoms with Gasteiger partial charge in [0.1, 0.15) is 6.04 Å². The molecule has 0 aliphatic carbocycles. The molecule has 3 rings (SSSR count). The summed E-state index contributed by atoms with van der Waals surface area (Å²) in [7, 11) is -3.96. The summed E-state index contributed by atoms with van der Waals surface area (Å²) in [6, 6.07) is 19.8. The van der Waals surface area contributed by atoms with Crippen molar-refractivity contribution in [3.05, 3.63) is 106 Å². The fraction of sp³-hybridized carbons (Fsp3) is 0.130. The minimum absolute atomic E-state index is 0.0494. The van der Waals surface area contributed by atoms with Crippen molar-refractivity contribution in [1.82, 2.24) is 10.1 Å². The Hall–Kier alpha value is -3.89. The van der Waals surface area contributed by atoms with E-state index < -0.39 is 26.9 Å². The van der Waals surface area contributed by atoms with Gasteiger partial charge in [-0.25, -0.2) is 13.8 Å². The fourth-order valence-electron chi connectivity index (χ4n) is 2.94. The smallest absolute Gasteiger partial charge is 0.269 e. The maximum Gasteiger partial charge on any atom is 0.269 e. The molecule has 1 amide bonds. The van der Waals surface area contributed by atoms with Crippen molar-refractivity contribution in [2.75, 3.05) is 0 Å². The summed E-state index contributed by atoms with van der Waals surface area (Å²) in [5, 5.41) is 14.6. The molecule has 10 heteroatoms. The third-order valence-electron chi connectivity index (χ3n) is 4.72. The Bertz CT molecular complexity index is 1240. The normalized spacial score (nSPS) is 12.4. The van der Waals surface area contributed by atoms with Crippen molar-refractivity contribution >= 4 is 27.8 Å². The number of nitro groups is 1. The molecule has 1 unspecified atom stereocenters. The van der Waals surface area contributed by atoms with Crippen molar-refractivity contribution in [1.29, 1.82) is 0 Å². The summed E-state index contributed by atoms with van der Waals surface area (Å²) in [5.74, 6) is -0.646. The van der Waals surface area contributed by atoms with E-state index in [0.717, 1.165) is 11.1 Å². The van der Waals surface area contributed by atoms with Crippen LogP contribution in [0.4, 0.5) is 5.69 Å². The zero-order chi connectivity index (χ0) is 23.8. The number of carbonyl (C=O) groups is 1. The van der Waals surface area contributed by atoms with E-state index in [-0.39, 0.29) is 17.0 Å². The third-order valence-corrected chi connectivity index (χ3v) is 6.21.